The van der Waals surface area contributed by atoms with Gasteiger partial charge in [-0.05, 0) is 13.3 Å². The van der Waals surface area contributed by atoms with Crippen molar-refractivity contribution < 1.29 is 0 Å². The van der Waals surface area contributed by atoms with Crippen molar-refractivity contribution in [3.8, 4) is 0 Å². The number of allylic oxidation sites excluding steroid dienone is 6. The van der Waals surface area contributed by atoms with Crippen molar-refractivity contribution in [3.63, 3.8) is 0 Å². The van der Waals surface area contributed by atoms with Crippen molar-refractivity contribution in [1.82, 2.24) is 0 Å². The van der Waals surface area contributed by atoms with Crippen LogP contribution in [-0.2, 0) is 0 Å². The van der Waals surface area contributed by atoms with Gasteiger partial charge in [0.2, 0.25) is 0 Å². The van der Waals surface area contributed by atoms with Crippen molar-refractivity contribution in [2.45, 2.75) is 47.5 Å². The first kappa shape index (κ1) is 14.7. The van der Waals surface area contributed by atoms with Crippen LogP contribution in [-0.4, -0.2) is 0 Å². The van der Waals surface area contributed by atoms with Crippen LogP contribution >= 0.6 is 0 Å². The van der Waals surface area contributed by atoms with E-state index in [1.165, 1.54) is 12.0 Å². The quantitative estimate of drug-likeness (QED) is 0.498. The smallest absolute Gasteiger partial charge is 0.0160 e. The van der Waals surface area contributed by atoms with Crippen molar-refractivity contribution in [2.24, 2.45) is 0 Å². The van der Waals surface area contributed by atoms with Crippen LogP contribution in [0.1, 0.15) is 47.5 Å². The lowest BCUT2D eigenvalue weighted by molar-refractivity contribution is 1.09. The van der Waals surface area contributed by atoms with Crippen LogP contribution in [0.25, 0.3) is 0 Å². The zero-order valence-corrected chi connectivity index (χ0v) is 9.80. The third kappa shape index (κ3) is 14.1. The van der Waals surface area contributed by atoms with Crippen LogP contribution in [0.5, 0.6) is 0 Å². The van der Waals surface area contributed by atoms with Gasteiger partial charge in [-0.25, -0.2) is 0 Å². The molecule has 0 heterocycles. The third-order valence-corrected chi connectivity index (χ3v) is 1.18. The summed E-state index contributed by atoms with van der Waals surface area (Å²) in [6.07, 6.45) is 12.9. The van der Waals surface area contributed by atoms with E-state index in [4.69, 9.17) is 0 Å². The van der Waals surface area contributed by atoms with Gasteiger partial charge in [-0.2, -0.15) is 0 Å². The topological polar surface area (TPSA) is 0 Å². The Morgan fingerprint density at radius 2 is 1.69 bits per heavy atom. The SMILES string of the molecule is CC.CC1=CCC=CC=C1.CCC. The lowest BCUT2D eigenvalue weighted by atomic mass is 10.2. The predicted molar refractivity (Wildman–Crippen MR) is 64.0 cm³/mol. The molecule has 1 aliphatic carbocycles. The molecule has 0 spiro atoms. The van der Waals surface area contributed by atoms with E-state index < -0.39 is 0 Å². The van der Waals surface area contributed by atoms with Gasteiger partial charge in [-0.15, -0.1) is 0 Å². The Hall–Kier alpha value is -0.780. The van der Waals surface area contributed by atoms with Gasteiger partial charge in [-0.3, -0.25) is 0 Å². The molecule has 0 heteroatoms. The fourth-order valence-electron chi connectivity index (χ4n) is 0.686. The van der Waals surface area contributed by atoms with Gasteiger partial charge in [0.05, 0.1) is 0 Å². The van der Waals surface area contributed by atoms with E-state index in [2.05, 4.69) is 51.2 Å². The molecule has 0 aromatic rings. The van der Waals surface area contributed by atoms with Gasteiger partial charge in [0.25, 0.3) is 0 Å². The molecule has 0 bridgehead atoms. The second-order valence-corrected chi connectivity index (χ2v) is 2.68. The Balaban J connectivity index is 0. The van der Waals surface area contributed by atoms with E-state index in [0.717, 1.165) is 6.42 Å². The Morgan fingerprint density at radius 1 is 1.15 bits per heavy atom. The summed E-state index contributed by atoms with van der Waals surface area (Å²) in [5.74, 6) is 0. The molecule has 1 rings (SSSR count). The molecule has 0 unspecified atom stereocenters. The second kappa shape index (κ2) is 13.8. The summed E-state index contributed by atoms with van der Waals surface area (Å²) in [6, 6.07) is 0. The standard InChI is InChI=1S/C8H10.C3H8.C2H6/c1-8-6-4-2-3-5-7-8;1-3-2;1-2/h2-4,6-7H,5H2,1H3;3H2,1-2H3;1-2H3. The predicted octanol–water partition coefficient (Wildman–Crippen LogP) is 4.89. The van der Waals surface area contributed by atoms with E-state index in [-0.39, 0.29) is 0 Å². The highest BCUT2D eigenvalue weighted by Crippen LogP contribution is 2.01. The molecule has 0 aliphatic heterocycles. The highest BCUT2D eigenvalue weighted by atomic mass is 13.9. The lowest BCUT2D eigenvalue weighted by Crippen LogP contribution is -1.62. The van der Waals surface area contributed by atoms with E-state index in [0.29, 0.717) is 0 Å². The molecule has 0 aromatic heterocycles. The third-order valence-electron chi connectivity index (χ3n) is 1.18. The molecule has 0 amide bonds. The molecular weight excluding hydrogens is 156 g/mol. The first-order valence-corrected chi connectivity index (χ1v) is 5.31. The lowest BCUT2D eigenvalue weighted by Gasteiger charge is -1.82. The molecule has 0 fully saturated rings. The zero-order valence-electron chi connectivity index (χ0n) is 9.80. The van der Waals surface area contributed by atoms with Crippen molar-refractivity contribution in [1.29, 1.82) is 0 Å². The molecule has 0 nitrogen and oxygen atoms in total. The van der Waals surface area contributed by atoms with Crippen LogP contribution in [0, 0.1) is 0 Å². The average molecular weight is 180 g/mol. The molecule has 76 valence electrons. The van der Waals surface area contributed by atoms with Gasteiger partial charge in [0, 0.05) is 0 Å². The number of hydrogen-bond donors (Lipinski definition) is 0. The Kier molecular flexibility index (Phi) is 15.6. The fraction of sp³-hybridized carbons (Fsp3) is 0.538. The molecule has 13 heavy (non-hydrogen) atoms. The Labute approximate surface area is 84.1 Å². The molecule has 1 aliphatic rings. The molecule has 0 atom stereocenters. The monoisotopic (exact) mass is 180 g/mol. The van der Waals surface area contributed by atoms with Gasteiger partial charge in [0.1, 0.15) is 0 Å². The van der Waals surface area contributed by atoms with Crippen LogP contribution in [0.2, 0.25) is 0 Å². The summed E-state index contributed by atoms with van der Waals surface area (Å²) < 4.78 is 0. The van der Waals surface area contributed by atoms with Gasteiger partial charge >= 0.3 is 0 Å². The minimum absolute atomic E-state index is 1.08. The first-order chi connectivity index (χ1) is 6.31. The summed E-state index contributed by atoms with van der Waals surface area (Å²) in [7, 11) is 0. The van der Waals surface area contributed by atoms with Gasteiger partial charge in [0.15, 0.2) is 0 Å². The van der Waals surface area contributed by atoms with E-state index >= 15 is 0 Å². The molecule has 0 saturated heterocycles. The highest BCUT2D eigenvalue weighted by Gasteiger charge is 1.81. The molecule has 0 N–H and O–H groups in total. The second-order valence-electron chi connectivity index (χ2n) is 2.68. The van der Waals surface area contributed by atoms with Crippen LogP contribution < -0.4 is 0 Å². The Morgan fingerprint density at radius 3 is 2.23 bits per heavy atom. The molecular formula is C13H24. The van der Waals surface area contributed by atoms with Crippen molar-refractivity contribution in [3.05, 3.63) is 36.0 Å². The summed E-state index contributed by atoms with van der Waals surface area (Å²) in [5, 5.41) is 0. The fourth-order valence-corrected chi connectivity index (χ4v) is 0.686. The highest BCUT2D eigenvalue weighted by molar-refractivity contribution is 5.24. The van der Waals surface area contributed by atoms with Crippen LogP contribution in [0.4, 0.5) is 0 Å². The van der Waals surface area contributed by atoms with Gasteiger partial charge in [-0.1, -0.05) is 70.1 Å². The molecule has 0 radical (unpaired) electrons. The largest absolute Gasteiger partial charge is 0.0807 e. The Bertz CT molecular complexity index is 156. The van der Waals surface area contributed by atoms with E-state index in [1.807, 2.05) is 13.8 Å². The minimum atomic E-state index is 1.08. The summed E-state index contributed by atoms with van der Waals surface area (Å²) in [4.78, 5) is 0. The average Bonchev–Trinajstić information content (AvgIpc) is 2.38. The van der Waals surface area contributed by atoms with Crippen LogP contribution in [0.15, 0.2) is 36.0 Å². The summed E-state index contributed by atoms with van der Waals surface area (Å²) in [5.41, 5.74) is 1.36. The normalized spacial score (nSPS) is 12.8. The van der Waals surface area contributed by atoms with Crippen molar-refractivity contribution >= 4 is 0 Å². The summed E-state index contributed by atoms with van der Waals surface area (Å²) >= 11 is 0. The molecule has 0 saturated carbocycles. The minimum Gasteiger partial charge on any atom is -0.0807 e. The summed E-state index contributed by atoms with van der Waals surface area (Å²) in [6.45, 7) is 10.4. The number of hydrogen-bond acceptors (Lipinski definition) is 0. The van der Waals surface area contributed by atoms with Crippen molar-refractivity contribution in [2.75, 3.05) is 0 Å². The first-order valence-electron chi connectivity index (χ1n) is 5.31. The van der Waals surface area contributed by atoms with E-state index in [9.17, 15) is 0 Å². The number of rotatable bonds is 0. The molecule has 0 aromatic carbocycles. The maximum absolute atomic E-state index is 2.21. The maximum atomic E-state index is 2.21. The maximum Gasteiger partial charge on any atom is -0.0160 e. The zero-order chi connectivity index (χ0) is 10.5. The van der Waals surface area contributed by atoms with Gasteiger partial charge < -0.3 is 0 Å². The van der Waals surface area contributed by atoms with E-state index in [1.54, 1.807) is 0 Å². The van der Waals surface area contributed by atoms with Crippen LogP contribution in [0.3, 0.4) is 0 Å².